The highest BCUT2D eigenvalue weighted by Crippen LogP contribution is 2.30. The quantitative estimate of drug-likeness (QED) is 0.633. The topological polar surface area (TPSA) is 44.1 Å². The Kier molecular flexibility index (Phi) is 6.21. The molecule has 1 aromatic heterocycles. The van der Waals surface area contributed by atoms with E-state index >= 15 is 0 Å². The lowest BCUT2D eigenvalue weighted by Gasteiger charge is -2.12. The molecule has 0 aliphatic heterocycles. The van der Waals surface area contributed by atoms with Crippen LogP contribution in [0.2, 0.25) is 0 Å². The first-order valence-electron chi connectivity index (χ1n) is 8.19. The number of carbonyl (C=O) groups is 1. The summed E-state index contributed by atoms with van der Waals surface area (Å²) in [5.41, 5.74) is 3.89. The van der Waals surface area contributed by atoms with Crippen molar-refractivity contribution in [1.29, 1.82) is 0 Å². The fraction of sp³-hybridized carbons (Fsp3) is 0.300. The molecule has 5 heteroatoms. The van der Waals surface area contributed by atoms with Crippen LogP contribution in [0.5, 0.6) is 5.75 Å². The molecule has 0 N–H and O–H groups in total. The number of nitrogens with zero attached hydrogens (tertiary/aromatic N) is 2. The third kappa shape index (κ3) is 3.85. The number of rotatable bonds is 7. The maximum Gasteiger partial charge on any atom is 0.150 e. The van der Waals surface area contributed by atoms with E-state index in [1.807, 2.05) is 19.1 Å². The zero-order valence-corrected chi connectivity index (χ0v) is 15.8. The lowest BCUT2D eigenvalue weighted by atomic mass is 10.1. The predicted octanol–water partition coefficient (Wildman–Crippen LogP) is 5.27. The van der Waals surface area contributed by atoms with Gasteiger partial charge in [-0.25, -0.2) is 4.68 Å². The Hall–Kier alpha value is -2.33. The van der Waals surface area contributed by atoms with Gasteiger partial charge in [-0.15, -0.1) is 0 Å². The molecule has 0 radical (unpaired) electrons. The number of ether oxygens (including phenoxy) is 1. The zero-order valence-electron chi connectivity index (χ0n) is 15.0. The summed E-state index contributed by atoms with van der Waals surface area (Å²) in [7, 11) is 1.57. The van der Waals surface area contributed by atoms with E-state index in [1.165, 1.54) is 0 Å². The number of halogens is 1. The van der Waals surface area contributed by atoms with Gasteiger partial charge in [-0.3, -0.25) is 4.79 Å². The van der Waals surface area contributed by atoms with Crippen molar-refractivity contribution in [2.75, 3.05) is 7.11 Å². The first kappa shape index (κ1) is 19.0. The highest BCUT2D eigenvalue weighted by molar-refractivity contribution is 6.31. The first-order valence-corrected chi connectivity index (χ1v) is 8.57. The number of carbonyl (C=O) groups excluding carboxylic acids is 1. The van der Waals surface area contributed by atoms with Crippen molar-refractivity contribution < 1.29 is 9.53 Å². The third-order valence-corrected chi connectivity index (χ3v) is 4.76. The molecule has 1 aromatic carbocycles. The molecular formula is C20H23ClN2O2. The van der Waals surface area contributed by atoms with Crippen LogP contribution in [-0.4, -0.2) is 23.2 Å². The Bertz CT molecular complexity index is 821. The van der Waals surface area contributed by atoms with E-state index in [2.05, 4.69) is 25.5 Å². The smallest absolute Gasteiger partial charge is 0.150 e. The Morgan fingerprint density at radius 3 is 2.76 bits per heavy atom. The number of benzene rings is 1. The summed E-state index contributed by atoms with van der Waals surface area (Å²) < 4.78 is 7.24. The van der Waals surface area contributed by atoms with E-state index in [4.69, 9.17) is 16.3 Å². The molecule has 0 saturated carbocycles. The minimum atomic E-state index is 0.252. The molecule has 0 aliphatic rings. The summed E-state index contributed by atoms with van der Waals surface area (Å²) in [4.78, 5) is 11.0. The molecule has 0 saturated heterocycles. The molecule has 0 bridgehead atoms. The molecule has 0 aliphatic carbocycles. The van der Waals surface area contributed by atoms with Gasteiger partial charge in [-0.05, 0) is 43.5 Å². The fourth-order valence-corrected chi connectivity index (χ4v) is 2.80. The maximum atomic E-state index is 11.0. The minimum absolute atomic E-state index is 0.252. The van der Waals surface area contributed by atoms with Crippen molar-refractivity contribution in [2.45, 2.75) is 27.2 Å². The average molecular weight is 359 g/mol. The van der Waals surface area contributed by atoms with E-state index in [-0.39, 0.29) is 5.92 Å². The first-order chi connectivity index (χ1) is 12.0. The third-order valence-electron chi connectivity index (χ3n) is 4.27. The molecule has 1 unspecified atom stereocenters. The van der Waals surface area contributed by atoms with Crippen molar-refractivity contribution >= 4 is 30.0 Å². The normalized spacial score (nSPS) is 12.8. The molecule has 1 atom stereocenters. The molecule has 4 nitrogen and oxygen atoms in total. The zero-order chi connectivity index (χ0) is 18.6. The molecule has 2 aromatic rings. The highest BCUT2D eigenvalue weighted by atomic mass is 35.5. The van der Waals surface area contributed by atoms with Gasteiger partial charge in [0.15, 0.2) is 0 Å². The fourth-order valence-electron chi connectivity index (χ4n) is 2.54. The van der Waals surface area contributed by atoms with Crippen molar-refractivity contribution in [3.63, 3.8) is 0 Å². The summed E-state index contributed by atoms with van der Waals surface area (Å²) in [5, 5.41) is 5.39. The van der Waals surface area contributed by atoms with Crippen LogP contribution in [0.1, 0.15) is 47.6 Å². The summed E-state index contributed by atoms with van der Waals surface area (Å²) in [6.07, 6.45) is 5.44. The Balaban J connectivity index is 2.71. The molecule has 0 spiro atoms. The summed E-state index contributed by atoms with van der Waals surface area (Å²) in [6.45, 7) is 10.0. The molecule has 0 fully saturated rings. The minimum Gasteiger partial charge on any atom is -0.494 e. The van der Waals surface area contributed by atoms with E-state index in [0.29, 0.717) is 11.3 Å². The Labute approximate surface area is 153 Å². The van der Waals surface area contributed by atoms with E-state index in [0.717, 1.165) is 40.4 Å². The van der Waals surface area contributed by atoms with Crippen LogP contribution in [-0.2, 0) is 0 Å². The van der Waals surface area contributed by atoms with E-state index in [9.17, 15) is 4.79 Å². The van der Waals surface area contributed by atoms with Crippen LogP contribution < -0.4 is 4.74 Å². The number of hydrogen-bond acceptors (Lipinski definition) is 3. The number of hydrogen-bond donors (Lipinski definition) is 0. The average Bonchev–Trinajstić information content (AvgIpc) is 2.95. The van der Waals surface area contributed by atoms with Gasteiger partial charge in [0, 0.05) is 16.2 Å². The van der Waals surface area contributed by atoms with Gasteiger partial charge in [0.2, 0.25) is 0 Å². The number of methoxy groups -OCH3 is 1. The van der Waals surface area contributed by atoms with Gasteiger partial charge >= 0.3 is 0 Å². The molecule has 2 rings (SSSR count). The maximum absolute atomic E-state index is 11.0. The van der Waals surface area contributed by atoms with Crippen LogP contribution in [0.15, 0.2) is 29.8 Å². The monoisotopic (exact) mass is 358 g/mol. The molecule has 25 heavy (non-hydrogen) atoms. The van der Waals surface area contributed by atoms with Gasteiger partial charge in [0.1, 0.15) is 17.7 Å². The molecule has 132 valence electrons. The van der Waals surface area contributed by atoms with E-state index in [1.54, 1.807) is 30.0 Å². The van der Waals surface area contributed by atoms with Crippen molar-refractivity contribution in [3.05, 3.63) is 52.3 Å². The predicted molar refractivity (Wildman–Crippen MR) is 104 cm³/mol. The van der Waals surface area contributed by atoms with Crippen molar-refractivity contribution in [1.82, 2.24) is 9.78 Å². The molecule has 0 amide bonds. The second-order valence-electron chi connectivity index (χ2n) is 5.89. The number of aromatic nitrogens is 2. The summed E-state index contributed by atoms with van der Waals surface area (Å²) >= 11 is 6.49. The van der Waals surface area contributed by atoms with Gasteiger partial charge in [-0.2, -0.15) is 5.10 Å². The summed E-state index contributed by atoms with van der Waals surface area (Å²) in [6, 6.07) is 5.24. The van der Waals surface area contributed by atoms with Gasteiger partial charge in [0.05, 0.1) is 18.5 Å². The highest BCUT2D eigenvalue weighted by Gasteiger charge is 2.17. The van der Waals surface area contributed by atoms with Crippen LogP contribution in [0.4, 0.5) is 0 Å². The van der Waals surface area contributed by atoms with Crippen LogP contribution >= 0.6 is 11.6 Å². The van der Waals surface area contributed by atoms with Crippen LogP contribution in [0, 0.1) is 12.8 Å². The SMILES string of the molecule is C=Cc1c(C)nn(-c2ccc(C=O)cc2OC)c1/C=C(/Cl)C(C)CC. The van der Waals surface area contributed by atoms with Crippen molar-refractivity contribution in [3.8, 4) is 11.4 Å². The van der Waals surface area contributed by atoms with E-state index < -0.39 is 0 Å². The number of allylic oxidation sites excluding steroid dienone is 1. The summed E-state index contributed by atoms with van der Waals surface area (Å²) in [5.74, 6) is 0.819. The molecule has 1 heterocycles. The Morgan fingerprint density at radius 1 is 1.48 bits per heavy atom. The largest absolute Gasteiger partial charge is 0.494 e. The lowest BCUT2D eigenvalue weighted by molar-refractivity contribution is 0.112. The number of aldehydes is 1. The molecular weight excluding hydrogens is 336 g/mol. The Morgan fingerprint density at radius 2 is 2.20 bits per heavy atom. The lowest BCUT2D eigenvalue weighted by Crippen LogP contribution is -2.04. The van der Waals surface area contributed by atoms with Gasteiger partial charge in [-0.1, -0.05) is 38.1 Å². The standard InChI is InChI=1S/C20H23ClN2O2/c1-6-13(3)17(21)11-19-16(7-2)14(4)22-23(19)18-9-8-15(12-24)10-20(18)25-5/h7-13H,2,6H2,1,3-5H3/b17-11+. The van der Waals surface area contributed by atoms with Crippen LogP contribution in [0.3, 0.4) is 0 Å². The second-order valence-corrected chi connectivity index (χ2v) is 6.32. The second kappa shape index (κ2) is 8.17. The number of aryl methyl sites for hydroxylation is 1. The van der Waals surface area contributed by atoms with Crippen LogP contribution in [0.25, 0.3) is 17.8 Å². The van der Waals surface area contributed by atoms with Gasteiger partial charge in [0.25, 0.3) is 0 Å². The van der Waals surface area contributed by atoms with Gasteiger partial charge < -0.3 is 4.74 Å². The van der Waals surface area contributed by atoms with Crippen molar-refractivity contribution in [2.24, 2.45) is 5.92 Å².